The lowest BCUT2D eigenvalue weighted by atomic mass is 9.75. The number of aliphatic hydroxyl groups is 1. The first-order valence-electron chi connectivity index (χ1n) is 11.0. The van der Waals surface area contributed by atoms with Crippen LogP contribution < -0.4 is 0 Å². The van der Waals surface area contributed by atoms with Gasteiger partial charge in [-0.2, -0.15) is 0 Å². The van der Waals surface area contributed by atoms with Gasteiger partial charge >= 0.3 is 0 Å². The molecule has 0 amide bonds. The Morgan fingerprint density at radius 1 is 1.00 bits per heavy atom. The van der Waals surface area contributed by atoms with Crippen LogP contribution >= 0.6 is 0 Å². The third-order valence-corrected chi connectivity index (χ3v) is 7.31. The fourth-order valence-electron chi connectivity index (χ4n) is 5.75. The highest BCUT2D eigenvalue weighted by molar-refractivity contribution is 5.88. The van der Waals surface area contributed by atoms with Crippen LogP contribution in [-0.4, -0.2) is 39.9 Å². The van der Waals surface area contributed by atoms with Crippen LogP contribution in [0.15, 0.2) is 59.2 Å². The van der Waals surface area contributed by atoms with Gasteiger partial charge in [-0.15, -0.1) is 0 Å². The van der Waals surface area contributed by atoms with Crippen LogP contribution in [0, 0.1) is 0 Å². The van der Waals surface area contributed by atoms with Gasteiger partial charge in [-0.1, -0.05) is 56.0 Å². The molecule has 5 rings (SSSR count). The van der Waals surface area contributed by atoms with Crippen molar-refractivity contribution in [3.05, 3.63) is 59.8 Å². The second-order valence-corrected chi connectivity index (χ2v) is 8.93. The van der Waals surface area contributed by atoms with E-state index in [9.17, 15) is 5.11 Å². The smallest absolute Gasteiger partial charge is 0.159 e. The molecule has 28 heavy (non-hydrogen) atoms. The Bertz CT molecular complexity index is 798. The molecule has 0 aromatic heterocycles. The number of fused-ring (bicyclic) bond motifs is 1. The zero-order valence-corrected chi connectivity index (χ0v) is 16.7. The Balaban J connectivity index is 1.42. The van der Waals surface area contributed by atoms with Crippen molar-refractivity contribution in [1.29, 1.82) is 0 Å². The fraction of sp³-hybridized carbons (Fsp3) is 0.542. The number of aliphatic hydroxyl groups excluding tert-OH is 1. The van der Waals surface area contributed by atoms with Gasteiger partial charge in [0.05, 0.1) is 6.20 Å². The molecule has 1 aromatic carbocycles. The summed E-state index contributed by atoms with van der Waals surface area (Å²) in [6.07, 6.45) is 15.1. The Kier molecular flexibility index (Phi) is 4.65. The van der Waals surface area contributed by atoms with E-state index in [1.165, 1.54) is 56.9 Å². The summed E-state index contributed by atoms with van der Waals surface area (Å²) >= 11 is 0. The summed E-state index contributed by atoms with van der Waals surface area (Å²) in [5, 5.41) is 10.5. The van der Waals surface area contributed by atoms with E-state index in [0.29, 0.717) is 11.8 Å². The van der Waals surface area contributed by atoms with Crippen molar-refractivity contribution >= 4 is 5.84 Å². The average molecular weight is 378 g/mol. The molecule has 0 radical (unpaired) electrons. The molecular formula is C24H31N3O. The molecule has 1 N–H and O–H groups in total. The maximum atomic E-state index is 10.5. The van der Waals surface area contributed by atoms with Gasteiger partial charge in [0.25, 0.3) is 0 Å². The van der Waals surface area contributed by atoms with Crippen molar-refractivity contribution in [2.24, 2.45) is 4.99 Å². The van der Waals surface area contributed by atoms with E-state index in [1.54, 1.807) is 6.20 Å². The number of benzene rings is 1. The van der Waals surface area contributed by atoms with Crippen LogP contribution in [0.1, 0.15) is 63.4 Å². The minimum absolute atomic E-state index is 0.189. The third kappa shape index (κ3) is 3.13. The van der Waals surface area contributed by atoms with Gasteiger partial charge in [-0.05, 0) is 31.2 Å². The van der Waals surface area contributed by atoms with Crippen molar-refractivity contribution in [3.8, 4) is 0 Å². The molecule has 0 spiro atoms. The Morgan fingerprint density at radius 3 is 2.50 bits per heavy atom. The fourth-order valence-corrected chi connectivity index (χ4v) is 5.75. The Hall–Kier alpha value is -2.23. The number of hydrogen-bond acceptors (Lipinski definition) is 4. The van der Waals surface area contributed by atoms with Crippen LogP contribution in [0.4, 0.5) is 0 Å². The molecule has 2 aliphatic carbocycles. The number of amidine groups is 1. The van der Waals surface area contributed by atoms with Gasteiger partial charge in [0.1, 0.15) is 11.5 Å². The van der Waals surface area contributed by atoms with Gasteiger partial charge in [-0.3, -0.25) is 0 Å². The highest BCUT2D eigenvalue weighted by atomic mass is 16.3. The minimum Gasteiger partial charge on any atom is -0.504 e. The standard InChI is InChI=1S/C24H31N3O/c28-22-17-25-23(16-24(12-6-7-13-24)19-8-2-1-3-9-19)27-15-14-26(18-21(22)27)20-10-4-5-11-20/h1-3,8-9,17-18,20,28H,4-7,10-16H2. The second-order valence-electron chi connectivity index (χ2n) is 8.93. The van der Waals surface area contributed by atoms with Gasteiger partial charge in [0.2, 0.25) is 0 Å². The summed E-state index contributed by atoms with van der Waals surface area (Å²) in [5.41, 5.74) is 2.59. The molecule has 2 heterocycles. The van der Waals surface area contributed by atoms with Crippen LogP contribution in [0.2, 0.25) is 0 Å². The molecule has 0 bridgehead atoms. The lowest BCUT2D eigenvalue weighted by Crippen LogP contribution is -2.47. The topological polar surface area (TPSA) is 39.1 Å². The molecule has 1 aromatic rings. The van der Waals surface area contributed by atoms with Crippen molar-refractivity contribution in [2.45, 2.75) is 69.2 Å². The quantitative estimate of drug-likeness (QED) is 0.793. The van der Waals surface area contributed by atoms with Crippen LogP contribution in [-0.2, 0) is 5.41 Å². The molecule has 0 saturated heterocycles. The molecule has 4 nitrogen and oxygen atoms in total. The number of nitrogens with zero attached hydrogens (tertiary/aromatic N) is 3. The number of aliphatic imine (C=N–C) groups is 1. The predicted molar refractivity (Wildman–Crippen MR) is 113 cm³/mol. The third-order valence-electron chi connectivity index (χ3n) is 7.31. The van der Waals surface area contributed by atoms with Gasteiger partial charge in [0.15, 0.2) is 5.76 Å². The summed E-state index contributed by atoms with van der Waals surface area (Å²) in [6.45, 7) is 1.95. The van der Waals surface area contributed by atoms with Crippen molar-refractivity contribution in [3.63, 3.8) is 0 Å². The zero-order valence-electron chi connectivity index (χ0n) is 16.7. The average Bonchev–Trinajstić information content (AvgIpc) is 3.44. The first kappa shape index (κ1) is 17.8. The molecule has 2 aliphatic heterocycles. The summed E-state index contributed by atoms with van der Waals surface area (Å²) in [4.78, 5) is 9.47. The first-order valence-corrected chi connectivity index (χ1v) is 11.0. The normalized spacial score (nSPS) is 24.6. The zero-order chi connectivity index (χ0) is 19.0. The molecule has 4 aliphatic rings. The van der Waals surface area contributed by atoms with E-state index in [1.807, 2.05) is 0 Å². The van der Waals surface area contributed by atoms with E-state index in [2.05, 4.69) is 46.3 Å². The predicted octanol–water partition coefficient (Wildman–Crippen LogP) is 5.10. The minimum atomic E-state index is 0.189. The van der Waals surface area contributed by atoms with Crippen molar-refractivity contribution in [1.82, 2.24) is 9.80 Å². The molecule has 2 saturated carbocycles. The lowest BCUT2D eigenvalue weighted by molar-refractivity contribution is 0.222. The van der Waals surface area contributed by atoms with Crippen LogP contribution in [0.3, 0.4) is 0 Å². The molecule has 148 valence electrons. The molecular weight excluding hydrogens is 346 g/mol. The summed E-state index contributed by atoms with van der Waals surface area (Å²) in [7, 11) is 0. The Morgan fingerprint density at radius 2 is 1.75 bits per heavy atom. The van der Waals surface area contributed by atoms with Crippen LogP contribution in [0.5, 0.6) is 0 Å². The first-order chi connectivity index (χ1) is 13.8. The van der Waals surface area contributed by atoms with Crippen molar-refractivity contribution in [2.75, 3.05) is 13.1 Å². The number of hydrogen-bond donors (Lipinski definition) is 1. The van der Waals surface area contributed by atoms with Crippen molar-refractivity contribution < 1.29 is 5.11 Å². The molecule has 0 atom stereocenters. The molecule has 4 heteroatoms. The number of rotatable bonds is 4. The highest BCUT2D eigenvalue weighted by Gasteiger charge is 2.40. The van der Waals surface area contributed by atoms with E-state index in [0.717, 1.165) is 31.0 Å². The monoisotopic (exact) mass is 377 g/mol. The van der Waals surface area contributed by atoms with Crippen LogP contribution in [0.25, 0.3) is 0 Å². The SMILES string of the molecule is OC1=CN=C(CC2(c3ccccc3)CCCC2)N2CCN(C3CCCC3)C=C12. The molecule has 2 fully saturated rings. The Labute approximate surface area is 168 Å². The largest absolute Gasteiger partial charge is 0.504 e. The second kappa shape index (κ2) is 7.31. The maximum Gasteiger partial charge on any atom is 0.159 e. The van der Waals surface area contributed by atoms with Gasteiger partial charge < -0.3 is 14.9 Å². The highest BCUT2D eigenvalue weighted by Crippen LogP contribution is 2.45. The van der Waals surface area contributed by atoms with E-state index < -0.39 is 0 Å². The van der Waals surface area contributed by atoms with Gasteiger partial charge in [0, 0.05) is 37.2 Å². The summed E-state index contributed by atoms with van der Waals surface area (Å²) in [5.74, 6) is 1.44. The van der Waals surface area contributed by atoms with E-state index in [-0.39, 0.29) is 5.41 Å². The lowest BCUT2D eigenvalue weighted by Gasteiger charge is -2.42. The van der Waals surface area contributed by atoms with E-state index >= 15 is 0 Å². The summed E-state index contributed by atoms with van der Waals surface area (Å²) < 4.78 is 0. The molecule has 0 unspecified atom stereocenters. The maximum absolute atomic E-state index is 10.5. The summed E-state index contributed by atoms with van der Waals surface area (Å²) in [6, 6.07) is 11.7. The van der Waals surface area contributed by atoms with Gasteiger partial charge in [-0.25, -0.2) is 4.99 Å². The van der Waals surface area contributed by atoms with E-state index in [4.69, 9.17) is 4.99 Å².